The maximum absolute atomic E-state index is 2.63. The van der Waals surface area contributed by atoms with Crippen molar-refractivity contribution in [2.24, 2.45) is 0 Å². The fraction of sp³-hybridized carbons (Fsp3) is 0.298. The number of benzene rings is 11. The maximum atomic E-state index is 2.63. The van der Waals surface area contributed by atoms with Crippen molar-refractivity contribution < 1.29 is 0 Å². The van der Waals surface area contributed by atoms with Crippen LogP contribution in [-0.4, -0.2) is 11.3 Å². The first-order valence-electron chi connectivity index (χ1n) is 36.3. The average Bonchev–Trinajstić information content (AvgIpc) is 0.773. The van der Waals surface area contributed by atoms with E-state index >= 15 is 0 Å². The van der Waals surface area contributed by atoms with E-state index in [1.807, 2.05) is 0 Å². The van der Waals surface area contributed by atoms with Crippen LogP contribution >= 0.6 is 0 Å². The Bertz CT molecular complexity index is 5130. The Labute approximate surface area is 584 Å². The Balaban J connectivity index is 0.960. The molecule has 4 heteroatoms. The van der Waals surface area contributed by atoms with Gasteiger partial charge in [0.15, 0.2) is 0 Å². The number of nitrogens with zero attached hydrogens (tertiary/aromatic N) is 3. The summed E-state index contributed by atoms with van der Waals surface area (Å²) in [5.74, 6) is 0. The Hall–Kier alpha value is -9.12. The van der Waals surface area contributed by atoms with Crippen LogP contribution in [0.1, 0.15) is 182 Å². The van der Waals surface area contributed by atoms with E-state index < -0.39 is 0 Å². The molecule has 0 saturated carbocycles. The molecule has 12 aromatic rings. The third kappa shape index (κ3) is 10.4. The molecule has 4 aliphatic rings. The summed E-state index contributed by atoms with van der Waals surface area (Å²) >= 11 is 0. The topological polar surface area (TPSA) is 11.4 Å². The fourth-order valence-corrected chi connectivity index (χ4v) is 17.4. The summed E-state index contributed by atoms with van der Waals surface area (Å²) in [6.45, 7) is 40.4. The summed E-state index contributed by atoms with van der Waals surface area (Å²) in [5, 5.41) is 2.57. The molecule has 0 spiro atoms. The lowest BCUT2D eigenvalue weighted by molar-refractivity contribution is 0.332. The molecular formula is C94H96BN3. The van der Waals surface area contributed by atoms with Gasteiger partial charge in [0.2, 0.25) is 0 Å². The first kappa shape index (κ1) is 63.6. The van der Waals surface area contributed by atoms with Gasteiger partial charge in [-0.3, -0.25) is 0 Å². The van der Waals surface area contributed by atoms with Crippen LogP contribution in [0.25, 0.3) is 72.0 Å². The first-order chi connectivity index (χ1) is 46.4. The number of anilines is 6. The molecule has 0 bridgehead atoms. The normalized spacial score (nSPS) is 16.5. The lowest BCUT2D eigenvalue weighted by Gasteiger charge is -2.45. The Morgan fingerprint density at radius 1 is 0.306 bits per heavy atom. The summed E-state index contributed by atoms with van der Waals surface area (Å²) in [5.41, 5.74) is 34.6. The van der Waals surface area contributed by atoms with Gasteiger partial charge in [0.05, 0.1) is 11.0 Å². The number of hydrogen-bond acceptors (Lipinski definition) is 2. The minimum absolute atomic E-state index is 0.0222. The largest absolute Gasteiger partial charge is 0.311 e. The number of rotatable bonds is 7. The highest BCUT2D eigenvalue weighted by atomic mass is 15.2. The molecule has 0 fully saturated rings. The predicted octanol–water partition coefficient (Wildman–Crippen LogP) is 24.1. The van der Waals surface area contributed by atoms with Gasteiger partial charge in [0.25, 0.3) is 6.71 Å². The predicted molar refractivity (Wildman–Crippen MR) is 423 cm³/mol. The fourth-order valence-electron chi connectivity index (χ4n) is 17.4. The summed E-state index contributed by atoms with van der Waals surface area (Å²) in [4.78, 5) is 5.24. The van der Waals surface area contributed by atoms with Crippen molar-refractivity contribution in [1.82, 2.24) is 4.57 Å². The second kappa shape index (κ2) is 22.2. The van der Waals surface area contributed by atoms with Crippen LogP contribution in [0.2, 0.25) is 0 Å². The van der Waals surface area contributed by atoms with Gasteiger partial charge in [0, 0.05) is 50.6 Å². The molecule has 0 amide bonds. The molecule has 98 heavy (non-hydrogen) atoms. The van der Waals surface area contributed by atoms with E-state index in [0.29, 0.717) is 0 Å². The first-order valence-corrected chi connectivity index (χ1v) is 36.3. The van der Waals surface area contributed by atoms with Crippen LogP contribution in [0, 0.1) is 0 Å². The van der Waals surface area contributed by atoms with Crippen LogP contribution < -0.4 is 26.2 Å². The minimum Gasteiger partial charge on any atom is -0.311 e. The van der Waals surface area contributed by atoms with Crippen molar-refractivity contribution in [1.29, 1.82) is 0 Å². The second-order valence-corrected chi connectivity index (χ2v) is 35.2. The molecule has 3 nitrogen and oxygen atoms in total. The number of fused-ring (bicyclic) bond motifs is 9. The van der Waals surface area contributed by atoms with Gasteiger partial charge in [-0.05, 0) is 242 Å². The van der Waals surface area contributed by atoms with Crippen molar-refractivity contribution in [3.8, 4) is 50.2 Å². The highest BCUT2D eigenvalue weighted by Crippen LogP contribution is 2.52. The van der Waals surface area contributed by atoms with E-state index in [4.69, 9.17) is 0 Å². The van der Waals surface area contributed by atoms with Crippen LogP contribution in [0.15, 0.2) is 224 Å². The summed E-state index contributed by atoms with van der Waals surface area (Å²) < 4.78 is 2.55. The quantitative estimate of drug-likeness (QED) is 0.147. The Morgan fingerprint density at radius 2 is 0.745 bits per heavy atom. The number of hydrogen-bond donors (Lipinski definition) is 0. The zero-order valence-electron chi connectivity index (χ0n) is 61.1. The molecule has 1 aromatic heterocycles. The van der Waals surface area contributed by atoms with E-state index in [2.05, 4.69) is 357 Å². The van der Waals surface area contributed by atoms with Gasteiger partial charge in [-0.2, -0.15) is 0 Å². The lowest BCUT2D eigenvalue weighted by Crippen LogP contribution is -2.61. The molecule has 2 aliphatic carbocycles. The van der Waals surface area contributed by atoms with Gasteiger partial charge < -0.3 is 14.4 Å². The molecular weight excluding hydrogens is 1180 g/mol. The van der Waals surface area contributed by atoms with Crippen LogP contribution in [0.4, 0.5) is 34.1 Å². The van der Waals surface area contributed by atoms with Crippen molar-refractivity contribution >= 4 is 79.0 Å². The zero-order chi connectivity index (χ0) is 68.5. The number of aromatic nitrogens is 1. The molecule has 16 rings (SSSR count). The van der Waals surface area contributed by atoms with Crippen molar-refractivity contribution in [3.63, 3.8) is 0 Å². The van der Waals surface area contributed by atoms with Crippen LogP contribution in [0.5, 0.6) is 0 Å². The maximum Gasteiger partial charge on any atom is 0.252 e. The van der Waals surface area contributed by atoms with Crippen molar-refractivity contribution in [3.05, 3.63) is 263 Å². The monoisotopic (exact) mass is 1280 g/mol. The molecule has 11 aromatic carbocycles. The molecule has 490 valence electrons. The molecule has 0 radical (unpaired) electrons. The smallest absolute Gasteiger partial charge is 0.252 e. The second-order valence-electron chi connectivity index (χ2n) is 35.2. The van der Waals surface area contributed by atoms with Crippen molar-refractivity contribution in [2.45, 2.75) is 181 Å². The molecule has 0 saturated heterocycles. The van der Waals surface area contributed by atoms with E-state index in [1.54, 1.807) is 0 Å². The molecule has 3 heterocycles. The lowest BCUT2D eigenvalue weighted by atomic mass is 9.33. The highest BCUT2D eigenvalue weighted by molar-refractivity contribution is 7.00. The summed E-state index contributed by atoms with van der Waals surface area (Å²) in [7, 11) is 0. The van der Waals surface area contributed by atoms with Gasteiger partial charge in [-0.15, -0.1) is 0 Å². The molecule has 2 aliphatic heterocycles. The average molecular weight is 1280 g/mol. The van der Waals surface area contributed by atoms with Gasteiger partial charge in [-0.1, -0.05) is 263 Å². The third-order valence-electron chi connectivity index (χ3n) is 23.6. The van der Waals surface area contributed by atoms with E-state index in [0.717, 1.165) is 17.1 Å². The minimum atomic E-state index is -0.135. The van der Waals surface area contributed by atoms with Gasteiger partial charge in [0.1, 0.15) is 0 Å². The van der Waals surface area contributed by atoms with Crippen molar-refractivity contribution in [2.75, 3.05) is 9.80 Å². The van der Waals surface area contributed by atoms with Crippen LogP contribution in [-0.2, 0) is 37.9 Å². The van der Waals surface area contributed by atoms with E-state index in [-0.39, 0.29) is 44.6 Å². The molecule has 0 atom stereocenters. The Morgan fingerprint density at radius 3 is 1.24 bits per heavy atom. The highest BCUT2D eigenvalue weighted by Gasteiger charge is 2.45. The van der Waals surface area contributed by atoms with E-state index in [1.165, 1.54) is 170 Å². The molecule has 0 N–H and O–H groups in total. The van der Waals surface area contributed by atoms with Gasteiger partial charge >= 0.3 is 0 Å². The zero-order valence-corrected chi connectivity index (χ0v) is 61.1. The third-order valence-corrected chi connectivity index (χ3v) is 23.6. The van der Waals surface area contributed by atoms with Gasteiger partial charge in [-0.25, -0.2) is 0 Å². The Kier molecular flexibility index (Phi) is 14.4. The standard InChI is InChI=1S/C94H96BN3/c1-88(2,3)66-34-45-81-72(56-66)73-57-67(89(4,5)6)35-46-82(73)98(81)70-40-43-79-84(58-70)97(69-38-29-61(30-39-69)63-32-42-76-78(52-63)94(16,17)50-48-92(76,12)13)86-55-65(59-23-19-18-20-24-59)54-85-87(86)95(79)80-53-64(71-25-21-22-26-74(71)90(7,8)9)33-44-83(80)96(85)68-36-27-60(28-37-68)62-31-41-75-77(51-62)93(14,15)49-47-91(75,10)11/h18-46,51-58H,47-50H2,1-17H3. The molecule has 0 unspecified atom stereocenters. The van der Waals surface area contributed by atoms with E-state index in [9.17, 15) is 0 Å². The summed E-state index contributed by atoms with van der Waals surface area (Å²) in [6.07, 6.45) is 4.75. The summed E-state index contributed by atoms with van der Waals surface area (Å²) in [6, 6.07) is 88.3. The SMILES string of the molecule is CC(C)(C)c1ccc2c(c1)c1cc(C(C)(C)C)ccc1n2-c1ccc2c(c1)N(c1ccc(-c3ccc4c(c3)C(C)(C)CCC4(C)C)cc1)c1cc(-c3ccccc3)cc3c1B2c1cc(-c2ccccc2C(C)(C)C)ccc1N3c1ccc(-c2ccc3c(c2)C(C)(C)CCC3(C)C)cc1. The van der Waals surface area contributed by atoms with Crippen LogP contribution in [0.3, 0.4) is 0 Å².